The van der Waals surface area contributed by atoms with E-state index >= 15 is 0 Å². The van der Waals surface area contributed by atoms with E-state index in [1.165, 1.54) is 48.4 Å². The van der Waals surface area contributed by atoms with Crippen molar-refractivity contribution in [3.05, 3.63) is 33.3 Å². The number of nitrogens with zero attached hydrogens (tertiary/aromatic N) is 3. The molecule has 23 heavy (non-hydrogen) atoms. The third-order valence-corrected chi connectivity index (χ3v) is 4.83. The Labute approximate surface area is 140 Å². The molecule has 0 radical (unpaired) electrons. The Morgan fingerprint density at radius 3 is 2.78 bits per heavy atom. The Kier molecular flexibility index (Phi) is 5.50. The second kappa shape index (κ2) is 7.38. The van der Waals surface area contributed by atoms with Gasteiger partial charge in [-0.3, -0.25) is 14.9 Å². The molecule has 0 aliphatic heterocycles. The standard InChI is InChI=1S/C13H14N4O4S2/c1-7(22-13-16-15-8(2)23-13)12(18)14-10-5-4-9(17(19)20)6-11(10)21-3/h4-7H,1-3H3,(H,14,18)/t7-/m1/s1. The number of hydrogen-bond donors (Lipinski definition) is 1. The quantitative estimate of drug-likeness (QED) is 0.483. The zero-order valence-corrected chi connectivity index (χ0v) is 14.2. The van der Waals surface area contributed by atoms with Crippen molar-refractivity contribution in [1.82, 2.24) is 10.2 Å². The van der Waals surface area contributed by atoms with Crippen LogP contribution in [0.1, 0.15) is 11.9 Å². The van der Waals surface area contributed by atoms with Crippen LogP contribution in [0.15, 0.2) is 22.5 Å². The van der Waals surface area contributed by atoms with Crippen molar-refractivity contribution in [1.29, 1.82) is 0 Å². The number of ether oxygens (including phenoxy) is 1. The Morgan fingerprint density at radius 2 is 2.22 bits per heavy atom. The first-order valence-electron chi connectivity index (χ1n) is 6.50. The van der Waals surface area contributed by atoms with Crippen molar-refractivity contribution in [2.24, 2.45) is 0 Å². The van der Waals surface area contributed by atoms with Gasteiger partial charge in [-0.2, -0.15) is 0 Å². The molecule has 2 rings (SSSR count). The summed E-state index contributed by atoms with van der Waals surface area (Å²) >= 11 is 2.71. The maximum absolute atomic E-state index is 12.2. The van der Waals surface area contributed by atoms with Crippen LogP contribution in [0, 0.1) is 17.0 Å². The minimum absolute atomic E-state index is 0.105. The summed E-state index contributed by atoms with van der Waals surface area (Å²) in [4.78, 5) is 22.5. The Balaban J connectivity index is 2.08. The summed E-state index contributed by atoms with van der Waals surface area (Å²) in [5.74, 6) is -0.0217. The number of nitro benzene ring substituents is 1. The first kappa shape index (κ1) is 17.2. The summed E-state index contributed by atoms with van der Waals surface area (Å²) in [5, 5.41) is 21.8. The molecule has 8 nitrogen and oxygen atoms in total. The van der Waals surface area contributed by atoms with Crippen molar-refractivity contribution < 1.29 is 14.5 Å². The molecule has 0 unspecified atom stereocenters. The van der Waals surface area contributed by atoms with Gasteiger partial charge in [0.1, 0.15) is 10.8 Å². The molecule has 0 saturated heterocycles. The smallest absolute Gasteiger partial charge is 0.273 e. The number of carbonyl (C=O) groups is 1. The van der Waals surface area contributed by atoms with Gasteiger partial charge in [-0.05, 0) is 19.9 Å². The number of thioether (sulfide) groups is 1. The van der Waals surface area contributed by atoms with Crippen LogP contribution in [-0.4, -0.2) is 33.4 Å². The van der Waals surface area contributed by atoms with Gasteiger partial charge in [0.15, 0.2) is 4.34 Å². The predicted octanol–water partition coefficient (Wildman–Crippen LogP) is 2.88. The number of rotatable bonds is 6. The molecule has 0 bridgehead atoms. The van der Waals surface area contributed by atoms with Crippen molar-refractivity contribution in [2.75, 3.05) is 12.4 Å². The van der Waals surface area contributed by atoms with Gasteiger partial charge in [0.2, 0.25) is 5.91 Å². The lowest BCUT2D eigenvalue weighted by atomic mass is 10.2. The summed E-state index contributed by atoms with van der Waals surface area (Å²) in [6, 6.07) is 4.02. The monoisotopic (exact) mass is 354 g/mol. The Bertz CT molecular complexity index is 735. The van der Waals surface area contributed by atoms with Gasteiger partial charge in [0.25, 0.3) is 5.69 Å². The molecular weight excluding hydrogens is 340 g/mol. The summed E-state index contributed by atoms with van der Waals surface area (Å²) in [6.45, 7) is 3.59. The fourth-order valence-electron chi connectivity index (χ4n) is 1.66. The molecule has 1 aromatic carbocycles. The van der Waals surface area contributed by atoms with Crippen LogP contribution >= 0.6 is 23.1 Å². The second-order valence-corrected chi connectivity index (χ2v) is 7.25. The van der Waals surface area contributed by atoms with Gasteiger partial charge < -0.3 is 10.1 Å². The van der Waals surface area contributed by atoms with Crippen LogP contribution in [0.4, 0.5) is 11.4 Å². The maximum Gasteiger partial charge on any atom is 0.273 e. The van der Waals surface area contributed by atoms with Crippen LogP contribution < -0.4 is 10.1 Å². The summed E-state index contributed by atoms with van der Waals surface area (Å²) in [7, 11) is 1.39. The van der Waals surface area contributed by atoms with Crippen LogP contribution in [0.5, 0.6) is 5.75 Å². The highest BCUT2D eigenvalue weighted by Gasteiger charge is 2.19. The zero-order valence-electron chi connectivity index (χ0n) is 12.6. The third-order valence-electron chi connectivity index (χ3n) is 2.81. The lowest BCUT2D eigenvalue weighted by Gasteiger charge is -2.13. The molecule has 1 amide bonds. The van der Waals surface area contributed by atoms with E-state index in [4.69, 9.17) is 4.74 Å². The van der Waals surface area contributed by atoms with E-state index in [1.54, 1.807) is 6.92 Å². The van der Waals surface area contributed by atoms with E-state index in [1.807, 2.05) is 6.92 Å². The van der Waals surface area contributed by atoms with Crippen molar-refractivity contribution in [3.8, 4) is 5.75 Å². The van der Waals surface area contributed by atoms with Crippen LogP contribution in [0.2, 0.25) is 0 Å². The van der Waals surface area contributed by atoms with Gasteiger partial charge in [-0.25, -0.2) is 0 Å². The lowest BCUT2D eigenvalue weighted by Crippen LogP contribution is -2.22. The van der Waals surface area contributed by atoms with E-state index in [9.17, 15) is 14.9 Å². The Morgan fingerprint density at radius 1 is 1.48 bits per heavy atom. The van der Waals surface area contributed by atoms with E-state index in [-0.39, 0.29) is 17.3 Å². The van der Waals surface area contributed by atoms with Gasteiger partial charge in [-0.1, -0.05) is 23.1 Å². The number of non-ortho nitro benzene ring substituents is 1. The molecule has 2 aromatic rings. The second-order valence-electron chi connectivity index (χ2n) is 4.48. The van der Waals surface area contributed by atoms with E-state index in [2.05, 4.69) is 15.5 Å². The number of anilines is 1. The number of methoxy groups -OCH3 is 1. The highest BCUT2D eigenvalue weighted by atomic mass is 32.2. The highest BCUT2D eigenvalue weighted by Crippen LogP contribution is 2.31. The molecule has 0 spiro atoms. The fraction of sp³-hybridized carbons (Fsp3) is 0.308. The predicted molar refractivity (Wildman–Crippen MR) is 88.2 cm³/mol. The van der Waals surface area contributed by atoms with Gasteiger partial charge in [0.05, 0.1) is 29.0 Å². The number of hydrogen-bond acceptors (Lipinski definition) is 8. The molecule has 1 aromatic heterocycles. The van der Waals surface area contributed by atoms with E-state index in [0.717, 1.165) is 5.01 Å². The number of nitro groups is 1. The topological polar surface area (TPSA) is 107 Å². The van der Waals surface area contributed by atoms with Crippen molar-refractivity contribution in [3.63, 3.8) is 0 Å². The molecule has 1 atom stereocenters. The van der Waals surface area contributed by atoms with E-state index < -0.39 is 10.2 Å². The van der Waals surface area contributed by atoms with E-state index in [0.29, 0.717) is 10.0 Å². The maximum atomic E-state index is 12.2. The largest absolute Gasteiger partial charge is 0.494 e. The number of benzene rings is 1. The van der Waals surface area contributed by atoms with Crippen LogP contribution in [0.25, 0.3) is 0 Å². The minimum Gasteiger partial charge on any atom is -0.494 e. The van der Waals surface area contributed by atoms with Crippen molar-refractivity contribution in [2.45, 2.75) is 23.4 Å². The van der Waals surface area contributed by atoms with Gasteiger partial charge in [-0.15, -0.1) is 10.2 Å². The van der Waals surface area contributed by atoms with Crippen LogP contribution in [0.3, 0.4) is 0 Å². The SMILES string of the molecule is COc1cc([N+](=O)[O-])ccc1NC(=O)[C@@H](C)Sc1nnc(C)s1. The summed E-state index contributed by atoms with van der Waals surface area (Å²) < 4.78 is 5.80. The van der Waals surface area contributed by atoms with Crippen molar-refractivity contribution >= 4 is 40.4 Å². The summed E-state index contributed by atoms with van der Waals surface area (Å²) in [5.41, 5.74) is 0.274. The first-order chi connectivity index (χ1) is 10.9. The molecule has 10 heteroatoms. The lowest BCUT2D eigenvalue weighted by molar-refractivity contribution is -0.384. The highest BCUT2D eigenvalue weighted by molar-refractivity contribution is 8.02. The van der Waals surface area contributed by atoms with Gasteiger partial charge >= 0.3 is 0 Å². The third kappa shape index (κ3) is 4.39. The number of aromatic nitrogens is 2. The molecule has 0 saturated carbocycles. The molecule has 1 heterocycles. The summed E-state index contributed by atoms with van der Waals surface area (Å²) in [6.07, 6.45) is 0. The fourth-order valence-corrected chi connectivity index (χ4v) is 3.62. The van der Waals surface area contributed by atoms with Crippen LogP contribution in [-0.2, 0) is 4.79 Å². The molecule has 0 aliphatic rings. The minimum atomic E-state index is -0.523. The first-order valence-corrected chi connectivity index (χ1v) is 8.20. The average Bonchev–Trinajstić information content (AvgIpc) is 2.92. The van der Waals surface area contributed by atoms with Gasteiger partial charge in [0, 0.05) is 6.07 Å². The zero-order chi connectivity index (χ0) is 17.0. The number of amides is 1. The number of nitrogens with one attached hydrogen (secondary N) is 1. The molecule has 0 aliphatic carbocycles. The number of carbonyl (C=O) groups excluding carboxylic acids is 1. The number of aryl methyl sites for hydroxylation is 1. The molecular formula is C13H14N4O4S2. The normalized spacial score (nSPS) is 11.8. The average molecular weight is 354 g/mol. The Hall–Kier alpha value is -2.20. The molecule has 1 N–H and O–H groups in total. The molecule has 122 valence electrons. The molecule has 0 fully saturated rings.